The number of nitrogens with two attached hydrogens (primary N) is 1. The Balaban J connectivity index is 1.57. The zero-order valence-corrected chi connectivity index (χ0v) is 20.7. The average Bonchev–Trinajstić information content (AvgIpc) is 2.92. The van der Waals surface area contributed by atoms with Crippen molar-refractivity contribution in [1.82, 2.24) is 10.2 Å². The fourth-order valence-corrected chi connectivity index (χ4v) is 4.12. The first-order valence-electron chi connectivity index (χ1n) is 12.1. The number of anilines is 1. The van der Waals surface area contributed by atoms with Crippen LogP contribution in [0.3, 0.4) is 0 Å². The van der Waals surface area contributed by atoms with E-state index in [9.17, 15) is 14.4 Å². The van der Waals surface area contributed by atoms with Gasteiger partial charge in [0.1, 0.15) is 18.0 Å². The molecule has 4 rings (SSSR count). The van der Waals surface area contributed by atoms with E-state index in [0.29, 0.717) is 47.0 Å². The molecule has 3 amide bonds. The molecule has 1 heterocycles. The third-order valence-electron chi connectivity index (χ3n) is 6.20. The Kier molecular flexibility index (Phi) is 8.33. The second-order valence-electron chi connectivity index (χ2n) is 8.68. The lowest BCUT2D eigenvalue weighted by Crippen LogP contribution is -2.50. The fourth-order valence-electron chi connectivity index (χ4n) is 4.12. The van der Waals surface area contributed by atoms with E-state index in [0.717, 1.165) is 13.1 Å². The molecule has 0 unspecified atom stereocenters. The first kappa shape index (κ1) is 25.7. The lowest BCUT2D eigenvalue weighted by molar-refractivity contribution is -0.131. The number of hydrogen-bond acceptors (Lipinski definition) is 5. The highest BCUT2D eigenvalue weighted by molar-refractivity contribution is 6.07. The quantitative estimate of drug-likeness (QED) is 0.464. The molecule has 8 heteroatoms. The molecule has 0 spiro atoms. The molecule has 37 heavy (non-hydrogen) atoms. The molecule has 3 aromatic carbocycles. The minimum atomic E-state index is -0.528. The standard InChI is InChI=1S/C29H30N4O4/c1-21-22(6-5-9-26(21)29(30)36)10-15-27(34)33(20-28(35)32-18-16-31-17-19-32)23-11-13-25(14-12-23)37-24-7-3-2-4-8-24/h2-15,31H,16-20H2,1H3,(H2,30,36)/b15-10+. The number of nitrogens with one attached hydrogen (secondary N) is 1. The normalized spacial score (nSPS) is 13.4. The van der Waals surface area contributed by atoms with Crippen LogP contribution in [0, 0.1) is 6.92 Å². The van der Waals surface area contributed by atoms with Gasteiger partial charge in [0.2, 0.25) is 11.8 Å². The molecule has 1 aliphatic rings. The highest BCUT2D eigenvalue weighted by atomic mass is 16.5. The van der Waals surface area contributed by atoms with Gasteiger partial charge in [-0.3, -0.25) is 19.3 Å². The van der Waals surface area contributed by atoms with Crippen molar-refractivity contribution in [3.8, 4) is 11.5 Å². The van der Waals surface area contributed by atoms with Crippen molar-refractivity contribution in [3.05, 3.63) is 95.6 Å². The summed E-state index contributed by atoms with van der Waals surface area (Å²) in [5.41, 5.74) is 7.81. The fraction of sp³-hybridized carbons (Fsp3) is 0.207. The minimum absolute atomic E-state index is 0.0949. The summed E-state index contributed by atoms with van der Waals surface area (Å²) in [5, 5.41) is 3.23. The molecule has 1 fully saturated rings. The number of primary amides is 1. The van der Waals surface area contributed by atoms with E-state index < -0.39 is 5.91 Å². The summed E-state index contributed by atoms with van der Waals surface area (Å²) in [4.78, 5) is 41.3. The molecule has 0 bridgehead atoms. The highest BCUT2D eigenvalue weighted by Crippen LogP contribution is 2.25. The largest absolute Gasteiger partial charge is 0.457 e. The second kappa shape index (κ2) is 12.0. The summed E-state index contributed by atoms with van der Waals surface area (Å²) in [6, 6.07) is 21.6. The molecule has 0 aliphatic carbocycles. The van der Waals surface area contributed by atoms with Crippen molar-refractivity contribution >= 4 is 29.5 Å². The van der Waals surface area contributed by atoms with Crippen LogP contribution in [0.5, 0.6) is 11.5 Å². The molecular weight excluding hydrogens is 468 g/mol. The van der Waals surface area contributed by atoms with Gasteiger partial charge in [0.15, 0.2) is 0 Å². The SMILES string of the molecule is Cc1c(/C=C/C(=O)N(CC(=O)N2CCNCC2)c2ccc(Oc3ccccc3)cc2)cccc1C(N)=O. The van der Waals surface area contributed by atoms with Gasteiger partial charge in [-0.2, -0.15) is 0 Å². The molecule has 3 N–H and O–H groups in total. The Morgan fingerprint density at radius 2 is 1.62 bits per heavy atom. The molecule has 0 radical (unpaired) electrons. The molecule has 8 nitrogen and oxygen atoms in total. The smallest absolute Gasteiger partial charge is 0.251 e. The number of nitrogens with zero attached hydrogens (tertiary/aromatic N) is 2. The third-order valence-corrected chi connectivity index (χ3v) is 6.20. The van der Waals surface area contributed by atoms with Crippen molar-refractivity contribution in [1.29, 1.82) is 0 Å². The van der Waals surface area contributed by atoms with E-state index in [1.807, 2.05) is 30.3 Å². The predicted molar refractivity (Wildman–Crippen MR) is 143 cm³/mol. The molecule has 1 saturated heterocycles. The van der Waals surface area contributed by atoms with E-state index >= 15 is 0 Å². The van der Waals surface area contributed by atoms with Crippen LogP contribution < -0.4 is 20.7 Å². The van der Waals surface area contributed by atoms with Gasteiger partial charge >= 0.3 is 0 Å². The monoisotopic (exact) mass is 498 g/mol. The van der Waals surface area contributed by atoms with Gasteiger partial charge in [0, 0.05) is 43.5 Å². The first-order chi connectivity index (χ1) is 17.9. The van der Waals surface area contributed by atoms with Crippen molar-refractivity contribution < 1.29 is 19.1 Å². The Morgan fingerprint density at radius 3 is 2.30 bits per heavy atom. The number of rotatable bonds is 8. The highest BCUT2D eigenvalue weighted by Gasteiger charge is 2.23. The lowest BCUT2D eigenvalue weighted by Gasteiger charge is -2.30. The van der Waals surface area contributed by atoms with Crippen LogP contribution in [0.1, 0.15) is 21.5 Å². The van der Waals surface area contributed by atoms with Crippen LogP contribution in [0.4, 0.5) is 5.69 Å². The van der Waals surface area contributed by atoms with Crippen LogP contribution in [-0.4, -0.2) is 55.3 Å². The number of carbonyl (C=O) groups excluding carboxylic acids is 3. The van der Waals surface area contributed by atoms with E-state index in [-0.39, 0.29) is 18.4 Å². The van der Waals surface area contributed by atoms with Gasteiger partial charge in [-0.1, -0.05) is 30.3 Å². The van der Waals surface area contributed by atoms with Gasteiger partial charge < -0.3 is 20.7 Å². The summed E-state index contributed by atoms with van der Waals surface area (Å²) in [6.45, 7) is 4.32. The molecular formula is C29H30N4O4. The van der Waals surface area contributed by atoms with E-state index in [2.05, 4.69) is 5.32 Å². The summed E-state index contributed by atoms with van der Waals surface area (Å²) in [6.07, 6.45) is 3.05. The number of hydrogen-bond donors (Lipinski definition) is 2. The molecule has 1 aliphatic heterocycles. The average molecular weight is 499 g/mol. The summed E-state index contributed by atoms with van der Waals surface area (Å²) in [5.74, 6) is 0.308. The van der Waals surface area contributed by atoms with Crippen LogP contribution in [0.2, 0.25) is 0 Å². The zero-order valence-electron chi connectivity index (χ0n) is 20.7. The summed E-state index contributed by atoms with van der Waals surface area (Å²) in [7, 11) is 0. The van der Waals surface area contributed by atoms with Gasteiger partial charge in [-0.05, 0) is 66.6 Å². The molecule has 190 valence electrons. The Hall–Kier alpha value is -4.43. The summed E-state index contributed by atoms with van der Waals surface area (Å²) >= 11 is 0. The molecule has 0 aromatic heterocycles. The van der Waals surface area contributed by atoms with Crippen molar-refractivity contribution in [2.45, 2.75) is 6.92 Å². The Labute approximate surface area is 216 Å². The van der Waals surface area contributed by atoms with Crippen molar-refractivity contribution in [3.63, 3.8) is 0 Å². The van der Waals surface area contributed by atoms with Crippen LogP contribution in [0.25, 0.3) is 6.08 Å². The number of carbonyl (C=O) groups is 3. The van der Waals surface area contributed by atoms with E-state index in [1.165, 1.54) is 11.0 Å². The van der Waals surface area contributed by atoms with Crippen LogP contribution >= 0.6 is 0 Å². The second-order valence-corrected chi connectivity index (χ2v) is 8.68. The maximum absolute atomic E-state index is 13.4. The topological polar surface area (TPSA) is 105 Å². The number of benzene rings is 3. The van der Waals surface area contributed by atoms with Crippen LogP contribution in [0.15, 0.2) is 78.9 Å². The third kappa shape index (κ3) is 6.62. The van der Waals surface area contributed by atoms with Crippen molar-refractivity contribution in [2.24, 2.45) is 5.73 Å². The van der Waals surface area contributed by atoms with Gasteiger partial charge in [-0.15, -0.1) is 0 Å². The van der Waals surface area contributed by atoms with Crippen LogP contribution in [-0.2, 0) is 9.59 Å². The molecule has 0 atom stereocenters. The Bertz CT molecular complexity index is 1280. The zero-order chi connectivity index (χ0) is 26.2. The summed E-state index contributed by atoms with van der Waals surface area (Å²) < 4.78 is 5.86. The van der Waals surface area contributed by atoms with Gasteiger partial charge in [0.05, 0.1) is 0 Å². The number of amides is 3. The number of ether oxygens (including phenoxy) is 1. The number of para-hydroxylation sites is 1. The first-order valence-corrected chi connectivity index (χ1v) is 12.1. The Morgan fingerprint density at radius 1 is 0.946 bits per heavy atom. The predicted octanol–water partition coefficient (Wildman–Crippen LogP) is 3.36. The lowest BCUT2D eigenvalue weighted by atomic mass is 10.0. The van der Waals surface area contributed by atoms with Gasteiger partial charge in [0.25, 0.3) is 5.91 Å². The van der Waals surface area contributed by atoms with Gasteiger partial charge in [-0.25, -0.2) is 0 Å². The molecule has 0 saturated carbocycles. The minimum Gasteiger partial charge on any atom is -0.457 e. The number of piperazine rings is 1. The van der Waals surface area contributed by atoms with E-state index in [4.69, 9.17) is 10.5 Å². The van der Waals surface area contributed by atoms with Crippen molar-refractivity contribution in [2.75, 3.05) is 37.6 Å². The molecule has 3 aromatic rings. The van der Waals surface area contributed by atoms with E-state index in [1.54, 1.807) is 60.4 Å². The maximum Gasteiger partial charge on any atom is 0.251 e. The maximum atomic E-state index is 13.4.